The number of hydrogen-bond donors (Lipinski definition) is 1. The Bertz CT molecular complexity index is 444. The second kappa shape index (κ2) is 6.37. The fraction of sp³-hybridized carbons (Fsp3) is 0.714. The van der Waals surface area contributed by atoms with Crippen LogP contribution >= 0.6 is 0 Å². The molecule has 1 aromatic heterocycles. The molecule has 1 aliphatic carbocycles. The maximum absolute atomic E-state index is 5.69. The number of aromatic nitrogens is 2. The summed E-state index contributed by atoms with van der Waals surface area (Å²) in [4.78, 5) is 8.73. The molecule has 20 heavy (non-hydrogen) atoms. The Kier molecular flexibility index (Phi) is 4.77. The van der Waals surface area contributed by atoms with E-state index >= 15 is 0 Å². The largest absolute Gasteiger partial charge is 0.480 e. The Balaban J connectivity index is 2.22. The van der Waals surface area contributed by atoms with Gasteiger partial charge in [-0.3, -0.25) is 0 Å². The first-order valence-electron chi connectivity index (χ1n) is 6.85. The van der Waals surface area contributed by atoms with Gasteiger partial charge in [-0.15, -0.1) is 0 Å². The lowest BCUT2D eigenvalue weighted by atomic mass is 9.75. The summed E-state index contributed by atoms with van der Waals surface area (Å²) in [6.07, 6.45) is 5.87. The van der Waals surface area contributed by atoms with E-state index in [-0.39, 0.29) is 11.6 Å². The van der Waals surface area contributed by atoms with Gasteiger partial charge in [0.2, 0.25) is 11.8 Å². The predicted octanol–water partition coefficient (Wildman–Crippen LogP) is 1.71. The molecule has 112 valence electrons. The second-order valence-corrected chi connectivity index (χ2v) is 5.09. The molecule has 0 aliphatic heterocycles. The summed E-state index contributed by atoms with van der Waals surface area (Å²) in [5.41, 5.74) is 0.749. The summed E-state index contributed by atoms with van der Waals surface area (Å²) in [6, 6.07) is 0.0450. The average molecular weight is 281 g/mol. The summed E-state index contributed by atoms with van der Waals surface area (Å²) in [7, 11) is 6.85. The summed E-state index contributed by atoms with van der Waals surface area (Å²) < 4.78 is 16.1. The van der Waals surface area contributed by atoms with Crippen molar-refractivity contribution in [1.82, 2.24) is 15.3 Å². The van der Waals surface area contributed by atoms with Gasteiger partial charge in [-0.1, -0.05) is 0 Å². The quantitative estimate of drug-likeness (QED) is 0.821. The molecular formula is C14H23N3O3. The molecule has 1 atom stereocenters. The molecule has 2 rings (SSSR count). The molecule has 1 fully saturated rings. The van der Waals surface area contributed by atoms with Gasteiger partial charge in [0, 0.05) is 7.11 Å². The van der Waals surface area contributed by atoms with Gasteiger partial charge < -0.3 is 19.5 Å². The van der Waals surface area contributed by atoms with Crippen LogP contribution in [0.4, 0.5) is 0 Å². The van der Waals surface area contributed by atoms with Crippen molar-refractivity contribution in [2.24, 2.45) is 0 Å². The molecule has 6 nitrogen and oxygen atoms in total. The van der Waals surface area contributed by atoms with E-state index in [9.17, 15) is 0 Å². The van der Waals surface area contributed by atoms with Crippen molar-refractivity contribution >= 4 is 0 Å². The Morgan fingerprint density at radius 2 is 2.05 bits per heavy atom. The zero-order chi connectivity index (χ0) is 14.6. The summed E-state index contributed by atoms with van der Waals surface area (Å²) in [6.45, 7) is 0. The van der Waals surface area contributed by atoms with Gasteiger partial charge >= 0.3 is 0 Å². The van der Waals surface area contributed by atoms with Crippen LogP contribution in [-0.2, 0) is 4.74 Å². The predicted molar refractivity (Wildman–Crippen MR) is 75.1 cm³/mol. The maximum atomic E-state index is 5.69. The second-order valence-electron chi connectivity index (χ2n) is 5.09. The van der Waals surface area contributed by atoms with Crippen molar-refractivity contribution in [3.8, 4) is 11.8 Å². The van der Waals surface area contributed by atoms with E-state index in [1.54, 1.807) is 27.5 Å². The van der Waals surface area contributed by atoms with Crippen molar-refractivity contribution in [3.05, 3.63) is 11.9 Å². The van der Waals surface area contributed by atoms with Crippen LogP contribution < -0.4 is 14.8 Å². The van der Waals surface area contributed by atoms with Crippen molar-refractivity contribution in [2.45, 2.75) is 37.3 Å². The smallest absolute Gasteiger partial charge is 0.240 e. The molecule has 0 radical (unpaired) electrons. The minimum absolute atomic E-state index is 0.0414. The van der Waals surface area contributed by atoms with Crippen LogP contribution in [0.15, 0.2) is 6.20 Å². The standard InChI is InChI=1S/C14H23N3O3/c1-15-10(8-14(20-4)6-5-7-14)12-13(19-3)17-11(18-2)9-16-12/h9-10,15H,5-8H2,1-4H3. The van der Waals surface area contributed by atoms with Gasteiger partial charge in [-0.25, -0.2) is 4.98 Å². The SMILES string of the molecule is CNC(CC1(OC)CCC1)c1ncc(OC)nc1OC. The topological polar surface area (TPSA) is 65.5 Å². The number of hydrogen-bond acceptors (Lipinski definition) is 6. The minimum Gasteiger partial charge on any atom is -0.480 e. The third kappa shape index (κ3) is 2.86. The van der Waals surface area contributed by atoms with E-state index in [4.69, 9.17) is 14.2 Å². The first-order valence-corrected chi connectivity index (χ1v) is 6.85. The molecule has 0 spiro atoms. The van der Waals surface area contributed by atoms with Gasteiger partial charge in [0.05, 0.1) is 32.1 Å². The zero-order valence-electron chi connectivity index (χ0n) is 12.6. The first kappa shape index (κ1) is 15.0. The highest BCUT2D eigenvalue weighted by molar-refractivity contribution is 5.26. The van der Waals surface area contributed by atoms with Crippen LogP contribution in [0.1, 0.15) is 37.4 Å². The van der Waals surface area contributed by atoms with Crippen LogP contribution in [0, 0.1) is 0 Å². The molecule has 1 N–H and O–H groups in total. The highest BCUT2D eigenvalue weighted by Gasteiger charge is 2.40. The van der Waals surface area contributed by atoms with Gasteiger partial charge in [0.15, 0.2) is 0 Å². The van der Waals surface area contributed by atoms with E-state index < -0.39 is 0 Å². The molecule has 0 saturated heterocycles. The van der Waals surface area contributed by atoms with Crippen LogP contribution in [0.3, 0.4) is 0 Å². The van der Waals surface area contributed by atoms with E-state index in [1.165, 1.54) is 6.42 Å². The molecule has 0 bridgehead atoms. The van der Waals surface area contributed by atoms with Crippen molar-refractivity contribution in [3.63, 3.8) is 0 Å². The molecule has 1 saturated carbocycles. The Labute approximate surface area is 119 Å². The Morgan fingerprint density at radius 3 is 2.50 bits per heavy atom. The van der Waals surface area contributed by atoms with Crippen LogP contribution in [-0.4, -0.2) is 43.9 Å². The van der Waals surface area contributed by atoms with Crippen molar-refractivity contribution in [1.29, 1.82) is 0 Å². The van der Waals surface area contributed by atoms with Gasteiger partial charge in [-0.05, 0) is 32.7 Å². The highest BCUT2D eigenvalue weighted by atomic mass is 16.5. The van der Waals surface area contributed by atoms with E-state index in [1.807, 2.05) is 7.05 Å². The minimum atomic E-state index is -0.0414. The maximum Gasteiger partial charge on any atom is 0.240 e. The number of ether oxygens (including phenoxy) is 3. The summed E-state index contributed by atoms with van der Waals surface area (Å²) in [5.74, 6) is 0.944. The highest BCUT2D eigenvalue weighted by Crippen LogP contribution is 2.42. The lowest BCUT2D eigenvalue weighted by molar-refractivity contribution is -0.0838. The van der Waals surface area contributed by atoms with E-state index in [0.29, 0.717) is 11.8 Å². The first-order chi connectivity index (χ1) is 9.68. The van der Waals surface area contributed by atoms with Crippen molar-refractivity contribution < 1.29 is 14.2 Å². The number of methoxy groups -OCH3 is 3. The lowest BCUT2D eigenvalue weighted by Gasteiger charge is -2.42. The fourth-order valence-corrected chi connectivity index (χ4v) is 2.62. The third-order valence-corrected chi connectivity index (χ3v) is 4.10. The lowest BCUT2D eigenvalue weighted by Crippen LogP contribution is -2.42. The van der Waals surface area contributed by atoms with Crippen LogP contribution in [0.25, 0.3) is 0 Å². The van der Waals surface area contributed by atoms with E-state index in [2.05, 4.69) is 15.3 Å². The fourth-order valence-electron chi connectivity index (χ4n) is 2.62. The molecule has 6 heteroatoms. The molecule has 1 aliphatic rings. The molecule has 0 amide bonds. The monoisotopic (exact) mass is 281 g/mol. The Morgan fingerprint density at radius 1 is 1.30 bits per heavy atom. The summed E-state index contributed by atoms with van der Waals surface area (Å²) in [5, 5.41) is 3.29. The van der Waals surface area contributed by atoms with Crippen LogP contribution in [0.2, 0.25) is 0 Å². The molecule has 1 aromatic rings. The van der Waals surface area contributed by atoms with E-state index in [0.717, 1.165) is 25.0 Å². The number of rotatable bonds is 7. The molecule has 1 unspecified atom stereocenters. The molecular weight excluding hydrogens is 258 g/mol. The average Bonchev–Trinajstić information content (AvgIpc) is 2.46. The van der Waals surface area contributed by atoms with Crippen molar-refractivity contribution in [2.75, 3.05) is 28.4 Å². The number of nitrogens with zero attached hydrogens (tertiary/aromatic N) is 2. The number of nitrogens with one attached hydrogen (secondary N) is 1. The van der Waals surface area contributed by atoms with Gasteiger partial charge in [0.25, 0.3) is 0 Å². The zero-order valence-corrected chi connectivity index (χ0v) is 12.6. The van der Waals surface area contributed by atoms with Gasteiger partial charge in [0.1, 0.15) is 5.69 Å². The summed E-state index contributed by atoms with van der Waals surface area (Å²) >= 11 is 0. The van der Waals surface area contributed by atoms with Crippen LogP contribution in [0.5, 0.6) is 11.8 Å². The molecule has 1 heterocycles. The third-order valence-electron chi connectivity index (χ3n) is 4.10. The normalized spacial score (nSPS) is 18.2. The van der Waals surface area contributed by atoms with Gasteiger partial charge in [-0.2, -0.15) is 4.98 Å². The Hall–Kier alpha value is -1.40. The molecule has 0 aromatic carbocycles.